The van der Waals surface area contributed by atoms with Gasteiger partial charge in [0.25, 0.3) is 0 Å². The average molecular weight is 200 g/mol. The lowest BCUT2D eigenvalue weighted by atomic mass is 10.1. The van der Waals surface area contributed by atoms with E-state index in [0.29, 0.717) is 6.04 Å². The normalized spacial score (nSPS) is 22.5. The van der Waals surface area contributed by atoms with Crippen molar-refractivity contribution < 1.29 is 0 Å². The molecule has 1 aliphatic rings. The summed E-state index contributed by atoms with van der Waals surface area (Å²) in [5.74, 6) is 0. The van der Waals surface area contributed by atoms with Crippen LogP contribution in [0, 0.1) is 0 Å². The molecule has 0 aromatic carbocycles. The maximum atomic E-state index is 6.16. The minimum Gasteiger partial charge on any atom is -0.310 e. The van der Waals surface area contributed by atoms with Crippen LogP contribution in [0.25, 0.3) is 0 Å². The van der Waals surface area contributed by atoms with Gasteiger partial charge < -0.3 is 5.32 Å². The molecular formula is C9H14ClN3. The van der Waals surface area contributed by atoms with Crippen LogP contribution in [0.5, 0.6) is 0 Å². The summed E-state index contributed by atoms with van der Waals surface area (Å²) >= 11 is 6.16. The van der Waals surface area contributed by atoms with Gasteiger partial charge in [0.05, 0.1) is 6.20 Å². The lowest BCUT2D eigenvalue weighted by molar-refractivity contribution is 0.637. The first kappa shape index (κ1) is 9.03. The zero-order valence-corrected chi connectivity index (χ0v) is 8.51. The molecule has 1 saturated heterocycles. The molecule has 0 spiro atoms. The summed E-state index contributed by atoms with van der Waals surface area (Å²) in [4.78, 5) is 0. The Kier molecular flexibility index (Phi) is 2.56. The predicted molar refractivity (Wildman–Crippen MR) is 52.9 cm³/mol. The van der Waals surface area contributed by atoms with Gasteiger partial charge in [-0.25, -0.2) is 0 Å². The van der Waals surface area contributed by atoms with Crippen molar-refractivity contribution in [1.82, 2.24) is 15.1 Å². The molecule has 0 aliphatic carbocycles. The number of nitrogens with one attached hydrogen (secondary N) is 1. The molecule has 1 aromatic rings. The van der Waals surface area contributed by atoms with Crippen molar-refractivity contribution in [3.05, 3.63) is 16.9 Å². The van der Waals surface area contributed by atoms with Gasteiger partial charge in [-0.1, -0.05) is 11.6 Å². The Morgan fingerprint density at radius 1 is 1.77 bits per heavy atom. The van der Waals surface area contributed by atoms with E-state index in [9.17, 15) is 0 Å². The summed E-state index contributed by atoms with van der Waals surface area (Å²) in [5, 5.41) is 8.43. The summed E-state index contributed by atoms with van der Waals surface area (Å²) in [6.07, 6.45) is 4.29. The zero-order valence-electron chi connectivity index (χ0n) is 7.76. The maximum Gasteiger partial charge on any atom is 0.131 e. The van der Waals surface area contributed by atoms with Crippen molar-refractivity contribution in [1.29, 1.82) is 0 Å². The van der Waals surface area contributed by atoms with Gasteiger partial charge in [0.15, 0.2) is 0 Å². The second kappa shape index (κ2) is 3.68. The smallest absolute Gasteiger partial charge is 0.131 e. The van der Waals surface area contributed by atoms with E-state index in [0.717, 1.165) is 23.8 Å². The van der Waals surface area contributed by atoms with Gasteiger partial charge in [-0.2, -0.15) is 5.10 Å². The van der Waals surface area contributed by atoms with E-state index in [1.54, 1.807) is 0 Å². The van der Waals surface area contributed by atoms with Crippen LogP contribution in [0.4, 0.5) is 0 Å². The molecule has 1 aliphatic heterocycles. The van der Waals surface area contributed by atoms with Crippen LogP contribution in [-0.2, 0) is 6.54 Å². The van der Waals surface area contributed by atoms with Crippen molar-refractivity contribution in [2.45, 2.75) is 32.4 Å². The fourth-order valence-electron chi connectivity index (χ4n) is 1.79. The highest BCUT2D eigenvalue weighted by Gasteiger charge is 2.21. The van der Waals surface area contributed by atoms with Gasteiger partial charge >= 0.3 is 0 Å². The molecule has 1 N–H and O–H groups in total. The van der Waals surface area contributed by atoms with E-state index in [4.69, 9.17) is 11.6 Å². The Balaban J connectivity index is 2.24. The van der Waals surface area contributed by atoms with Gasteiger partial charge in [0, 0.05) is 18.2 Å². The summed E-state index contributed by atoms with van der Waals surface area (Å²) in [6.45, 7) is 3.98. The Bertz CT molecular complexity index is 289. The van der Waals surface area contributed by atoms with Crippen LogP contribution in [0.3, 0.4) is 0 Å². The fraction of sp³-hybridized carbons (Fsp3) is 0.667. The number of aromatic nitrogens is 2. The third-order valence-electron chi connectivity index (χ3n) is 2.54. The largest absolute Gasteiger partial charge is 0.310 e. The fourth-order valence-corrected chi connectivity index (χ4v) is 2.13. The van der Waals surface area contributed by atoms with E-state index < -0.39 is 0 Å². The molecule has 0 bridgehead atoms. The molecular weight excluding hydrogens is 186 g/mol. The number of hydrogen-bond acceptors (Lipinski definition) is 2. The number of hydrogen-bond donors (Lipinski definition) is 1. The molecule has 2 heterocycles. The molecule has 72 valence electrons. The maximum absolute atomic E-state index is 6.16. The van der Waals surface area contributed by atoms with Crippen molar-refractivity contribution in [2.24, 2.45) is 0 Å². The molecule has 0 saturated carbocycles. The Morgan fingerprint density at radius 2 is 2.62 bits per heavy atom. The molecule has 1 aromatic heterocycles. The molecule has 4 heteroatoms. The minimum atomic E-state index is 0.424. The van der Waals surface area contributed by atoms with E-state index >= 15 is 0 Å². The number of aryl methyl sites for hydroxylation is 1. The van der Waals surface area contributed by atoms with Crippen LogP contribution >= 0.6 is 11.6 Å². The van der Waals surface area contributed by atoms with Gasteiger partial charge in [0.1, 0.15) is 5.15 Å². The predicted octanol–water partition coefficient (Wildman–Crippen LogP) is 1.98. The van der Waals surface area contributed by atoms with Crippen LogP contribution in [0.2, 0.25) is 5.15 Å². The first-order valence-electron chi connectivity index (χ1n) is 4.77. The van der Waals surface area contributed by atoms with Crippen molar-refractivity contribution in [3.63, 3.8) is 0 Å². The Labute approximate surface area is 83.1 Å². The second-order valence-electron chi connectivity index (χ2n) is 3.36. The highest BCUT2D eigenvalue weighted by molar-refractivity contribution is 6.30. The zero-order chi connectivity index (χ0) is 9.26. The molecule has 1 atom stereocenters. The summed E-state index contributed by atoms with van der Waals surface area (Å²) in [5.41, 5.74) is 1.15. The van der Waals surface area contributed by atoms with E-state index in [2.05, 4.69) is 10.4 Å². The average Bonchev–Trinajstić information content (AvgIpc) is 2.72. The van der Waals surface area contributed by atoms with E-state index in [1.807, 2.05) is 17.8 Å². The molecule has 1 fully saturated rings. The molecule has 0 amide bonds. The van der Waals surface area contributed by atoms with Crippen molar-refractivity contribution >= 4 is 11.6 Å². The molecule has 3 nitrogen and oxygen atoms in total. The standard InChI is InChI=1S/C9H14ClN3/c1-2-13-9(10)7(6-12-13)8-4-3-5-11-8/h6,8,11H,2-5H2,1H3. The topological polar surface area (TPSA) is 29.9 Å². The molecule has 2 rings (SSSR count). The lowest BCUT2D eigenvalue weighted by Gasteiger charge is -2.07. The first-order chi connectivity index (χ1) is 6.33. The highest BCUT2D eigenvalue weighted by atomic mass is 35.5. The van der Waals surface area contributed by atoms with Crippen LogP contribution in [-0.4, -0.2) is 16.3 Å². The van der Waals surface area contributed by atoms with Gasteiger partial charge in [-0.05, 0) is 26.3 Å². The quantitative estimate of drug-likeness (QED) is 0.790. The molecule has 13 heavy (non-hydrogen) atoms. The second-order valence-corrected chi connectivity index (χ2v) is 3.71. The Morgan fingerprint density at radius 3 is 3.15 bits per heavy atom. The number of halogens is 1. The number of nitrogens with zero attached hydrogens (tertiary/aromatic N) is 2. The summed E-state index contributed by atoms with van der Waals surface area (Å²) < 4.78 is 1.83. The van der Waals surface area contributed by atoms with Gasteiger partial charge in [-0.3, -0.25) is 4.68 Å². The number of rotatable bonds is 2. The van der Waals surface area contributed by atoms with Crippen LogP contribution < -0.4 is 5.32 Å². The van der Waals surface area contributed by atoms with Gasteiger partial charge in [0.2, 0.25) is 0 Å². The van der Waals surface area contributed by atoms with Crippen LogP contribution in [0.1, 0.15) is 31.4 Å². The summed E-state index contributed by atoms with van der Waals surface area (Å²) in [7, 11) is 0. The van der Waals surface area contributed by atoms with Crippen molar-refractivity contribution in [3.8, 4) is 0 Å². The molecule has 1 unspecified atom stereocenters. The first-order valence-corrected chi connectivity index (χ1v) is 5.15. The monoisotopic (exact) mass is 199 g/mol. The third-order valence-corrected chi connectivity index (χ3v) is 2.95. The Hall–Kier alpha value is -0.540. The van der Waals surface area contributed by atoms with Crippen molar-refractivity contribution in [2.75, 3.05) is 6.54 Å². The highest BCUT2D eigenvalue weighted by Crippen LogP contribution is 2.28. The van der Waals surface area contributed by atoms with Gasteiger partial charge in [-0.15, -0.1) is 0 Å². The van der Waals surface area contributed by atoms with Crippen LogP contribution in [0.15, 0.2) is 6.20 Å². The van der Waals surface area contributed by atoms with E-state index in [-0.39, 0.29) is 0 Å². The lowest BCUT2D eigenvalue weighted by Crippen LogP contribution is -2.12. The molecule has 0 radical (unpaired) electrons. The van der Waals surface area contributed by atoms with E-state index in [1.165, 1.54) is 12.8 Å². The minimum absolute atomic E-state index is 0.424. The third kappa shape index (κ3) is 1.58. The SMILES string of the molecule is CCn1ncc(C2CCCN2)c1Cl. The summed E-state index contributed by atoms with van der Waals surface area (Å²) in [6, 6.07) is 0.424.